The second kappa shape index (κ2) is 6.98. The molecule has 0 aromatic heterocycles. The van der Waals surface area contributed by atoms with Crippen molar-refractivity contribution in [1.29, 1.82) is 10.7 Å². The molecule has 7 nitrogen and oxygen atoms in total. The van der Waals surface area contributed by atoms with E-state index in [0.717, 1.165) is 5.69 Å². The van der Waals surface area contributed by atoms with E-state index in [1.165, 1.54) is 0 Å². The third kappa shape index (κ3) is 4.29. The molecular formula is C12H16N6O. The fourth-order valence-electron chi connectivity index (χ4n) is 1.34. The van der Waals surface area contributed by atoms with Gasteiger partial charge in [-0.25, -0.2) is 0 Å². The predicted molar refractivity (Wildman–Crippen MR) is 75.4 cm³/mol. The van der Waals surface area contributed by atoms with E-state index < -0.39 is 0 Å². The van der Waals surface area contributed by atoms with Crippen molar-refractivity contribution in [3.8, 4) is 6.07 Å². The van der Waals surface area contributed by atoms with E-state index in [1.807, 2.05) is 24.1 Å². The molecule has 1 aromatic rings. The molecule has 0 saturated heterocycles. The summed E-state index contributed by atoms with van der Waals surface area (Å²) in [4.78, 5) is 1.91. The van der Waals surface area contributed by atoms with Gasteiger partial charge in [-0.05, 0) is 24.3 Å². The Morgan fingerprint density at radius 3 is 2.63 bits per heavy atom. The molecular weight excluding hydrogens is 244 g/mol. The van der Waals surface area contributed by atoms with Crippen LogP contribution >= 0.6 is 0 Å². The van der Waals surface area contributed by atoms with Crippen molar-refractivity contribution in [1.82, 2.24) is 0 Å². The van der Waals surface area contributed by atoms with E-state index in [2.05, 4.69) is 10.5 Å². The summed E-state index contributed by atoms with van der Waals surface area (Å²) < 4.78 is 0. The summed E-state index contributed by atoms with van der Waals surface area (Å²) >= 11 is 0. The van der Waals surface area contributed by atoms with E-state index in [9.17, 15) is 0 Å². The number of aliphatic hydroxyl groups is 1. The number of nitrogens with one attached hydrogen (secondary N) is 2. The fraction of sp³-hybridized carbons (Fsp3) is 0.250. The standard InChI is InChI=1S/C12H16N6O/c1-18(6-7-19)10-4-2-9(3-5-10)16-17-11(8-13)12(14)15/h2-5,16,19H,6-7H2,1H3,(H3,14,15)/b17-11+. The third-order valence-electron chi connectivity index (χ3n) is 2.40. The summed E-state index contributed by atoms with van der Waals surface area (Å²) in [5.74, 6) is -0.380. The van der Waals surface area contributed by atoms with Crippen LogP contribution in [0, 0.1) is 16.7 Å². The number of nitriles is 1. The SMILES string of the molecule is CN(CCO)c1ccc(N/N=C(\C#N)C(=N)N)cc1. The Balaban J connectivity index is 2.73. The molecule has 0 radical (unpaired) electrons. The maximum Gasteiger partial charge on any atom is 0.201 e. The number of nitrogens with two attached hydrogens (primary N) is 1. The van der Waals surface area contributed by atoms with Gasteiger partial charge in [-0.15, -0.1) is 0 Å². The number of nitrogens with zero attached hydrogens (tertiary/aromatic N) is 3. The first-order chi connectivity index (χ1) is 9.08. The number of benzene rings is 1. The molecule has 0 fully saturated rings. The molecule has 0 atom stereocenters. The normalized spacial score (nSPS) is 10.7. The van der Waals surface area contributed by atoms with E-state index in [1.54, 1.807) is 18.2 Å². The van der Waals surface area contributed by atoms with Gasteiger partial charge in [0.1, 0.15) is 6.07 Å². The summed E-state index contributed by atoms with van der Waals surface area (Å²) in [6, 6.07) is 8.99. The minimum atomic E-state index is -0.380. The highest BCUT2D eigenvalue weighted by Crippen LogP contribution is 2.16. The molecule has 0 aliphatic rings. The van der Waals surface area contributed by atoms with Crippen LogP contribution in [-0.2, 0) is 0 Å². The zero-order valence-electron chi connectivity index (χ0n) is 10.6. The smallest absolute Gasteiger partial charge is 0.201 e. The van der Waals surface area contributed by atoms with Crippen molar-refractivity contribution < 1.29 is 5.11 Å². The van der Waals surface area contributed by atoms with Crippen molar-refractivity contribution in [3.63, 3.8) is 0 Å². The molecule has 1 rings (SSSR count). The first-order valence-corrected chi connectivity index (χ1v) is 5.58. The van der Waals surface area contributed by atoms with Crippen LogP contribution in [0.5, 0.6) is 0 Å². The fourth-order valence-corrected chi connectivity index (χ4v) is 1.34. The van der Waals surface area contributed by atoms with Crippen molar-refractivity contribution in [2.24, 2.45) is 10.8 Å². The molecule has 100 valence electrons. The number of amidine groups is 1. The van der Waals surface area contributed by atoms with Gasteiger partial charge in [-0.2, -0.15) is 10.4 Å². The molecule has 1 aromatic carbocycles. The summed E-state index contributed by atoms with van der Waals surface area (Å²) in [6.07, 6.45) is 0. The first-order valence-electron chi connectivity index (χ1n) is 5.58. The quantitative estimate of drug-likeness (QED) is 0.334. The van der Waals surface area contributed by atoms with Gasteiger partial charge in [0.15, 0.2) is 5.84 Å². The third-order valence-corrected chi connectivity index (χ3v) is 2.40. The summed E-state index contributed by atoms with van der Waals surface area (Å²) in [7, 11) is 1.88. The van der Waals surface area contributed by atoms with E-state index >= 15 is 0 Å². The Morgan fingerprint density at radius 2 is 2.16 bits per heavy atom. The Hall–Kier alpha value is -2.59. The van der Waals surface area contributed by atoms with Gasteiger partial charge in [0.2, 0.25) is 5.71 Å². The second-order valence-corrected chi connectivity index (χ2v) is 3.79. The van der Waals surface area contributed by atoms with Gasteiger partial charge >= 0.3 is 0 Å². The predicted octanol–water partition coefficient (Wildman–Crippen LogP) is 0.343. The number of likely N-dealkylation sites (N-methyl/N-ethyl adjacent to an activating group) is 1. The summed E-state index contributed by atoms with van der Waals surface area (Å²) in [6.45, 7) is 0.638. The maximum absolute atomic E-state index is 8.84. The lowest BCUT2D eigenvalue weighted by Gasteiger charge is -2.17. The van der Waals surface area contributed by atoms with Gasteiger partial charge < -0.3 is 15.7 Å². The maximum atomic E-state index is 8.84. The molecule has 0 heterocycles. The zero-order valence-corrected chi connectivity index (χ0v) is 10.6. The molecule has 7 heteroatoms. The Bertz CT molecular complexity index is 502. The largest absolute Gasteiger partial charge is 0.395 e. The number of anilines is 2. The molecule has 5 N–H and O–H groups in total. The molecule has 0 unspecified atom stereocenters. The van der Waals surface area contributed by atoms with Crippen LogP contribution in [-0.4, -0.2) is 36.9 Å². The Labute approximate surface area is 111 Å². The summed E-state index contributed by atoms with van der Waals surface area (Å²) in [5.41, 5.74) is 9.29. The highest BCUT2D eigenvalue weighted by Gasteiger charge is 2.02. The second-order valence-electron chi connectivity index (χ2n) is 3.79. The van der Waals surface area contributed by atoms with Crippen LogP contribution in [0.3, 0.4) is 0 Å². The molecule has 0 spiro atoms. The lowest BCUT2D eigenvalue weighted by molar-refractivity contribution is 0.304. The van der Waals surface area contributed by atoms with Crippen molar-refractivity contribution >= 4 is 22.9 Å². The van der Waals surface area contributed by atoms with E-state index in [4.69, 9.17) is 21.5 Å². The number of hydrazone groups is 1. The van der Waals surface area contributed by atoms with Crippen LogP contribution in [0.25, 0.3) is 0 Å². The van der Waals surface area contributed by atoms with Crippen molar-refractivity contribution in [2.75, 3.05) is 30.5 Å². The number of aliphatic hydroxyl groups excluding tert-OH is 1. The summed E-state index contributed by atoms with van der Waals surface area (Å²) in [5, 5.41) is 28.4. The lowest BCUT2D eigenvalue weighted by atomic mass is 10.2. The molecule has 0 aliphatic carbocycles. The average Bonchev–Trinajstić information content (AvgIpc) is 2.40. The van der Waals surface area contributed by atoms with Crippen LogP contribution in [0.2, 0.25) is 0 Å². The molecule has 19 heavy (non-hydrogen) atoms. The van der Waals surface area contributed by atoms with Crippen LogP contribution in [0.15, 0.2) is 29.4 Å². The van der Waals surface area contributed by atoms with Crippen LogP contribution in [0.4, 0.5) is 11.4 Å². The van der Waals surface area contributed by atoms with Crippen LogP contribution < -0.4 is 16.1 Å². The van der Waals surface area contributed by atoms with E-state index in [-0.39, 0.29) is 18.2 Å². The molecule has 0 saturated carbocycles. The Morgan fingerprint density at radius 1 is 1.53 bits per heavy atom. The van der Waals surface area contributed by atoms with E-state index in [0.29, 0.717) is 12.2 Å². The number of hydrogen-bond acceptors (Lipinski definition) is 6. The number of rotatable bonds is 6. The van der Waals surface area contributed by atoms with Crippen LogP contribution in [0.1, 0.15) is 0 Å². The average molecular weight is 260 g/mol. The van der Waals surface area contributed by atoms with Gasteiger partial charge in [-0.1, -0.05) is 0 Å². The molecule has 0 amide bonds. The van der Waals surface area contributed by atoms with Crippen molar-refractivity contribution in [2.45, 2.75) is 0 Å². The van der Waals surface area contributed by atoms with Gasteiger partial charge in [0, 0.05) is 19.3 Å². The monoisotopic (exact) mass is 260 g/mol. The van der Waals surface area contributed by atoms with Crippen molar-refractivity contribution in [3.05, 3.63) is 24.3 Å². The highest BCUT2D eigenvalue weighted by atomic mass is 16.3. The van der Waals surface area contributed by atoms with Gasteiger partial charge in [0.05, 0.1) is 12.3 Å². The lowest BCUT2D eigenvalue weighted by Crippen LogP contribution is -2.22. The number of hydrogen-bond donors (Lipinski definition) is 4. The Kier molecular flexibility index (Phi) is 5.32. The molecule has 0 bridgehead atoms. The highest BCUT2D eigenvalue weighted by molar-refractivity contribution is 6.45. The topological polar surface area (TPSA) is 122 Å². The van der Waals surface area contributed by atoms with Gasteiger partial charge in [0.25, 0.3) is 0 Å². The zero-order chi connectivity index (χ0) is 14.3. The first kappa shape index (κ1) is 14.5. The molecule has 0 aliphatic heterocycles. The van der Waals surface area contributed by atoms with Gasteiger partial charge in [-0.3, -0.25) is 10.8 Å². The minimum Gasteiger partial charge on any atom is -0.395 e. The minimum absolute atomic E-state index is 0.0882.